The molecular formula is C15H11Cl2FO4S. The largest absolute Gasteiger partial charge is 0.298 e. The summed E-state index contributed by atoms with van der Waals surface area (Å²) < 4.78 is 34.5. The molecule has 0 atom stereocenters. The zero-order valence-corrected chi connectivity index (χ0v) is 14.1. The third-order valence-corrected chi connectivity index (χ3v) is 4.44. The lowest BCUT2D eigenvalue weighted by Gasteiger charge is -2.01. The van der Waals surface area contributed by atoms with Crippen molar-refractivity contribution in [2.24, 2.45) is 0 Å². The molecule has 0 spiro atoms. The topological polar surface area (TPSA) is 68.3 Å². The van der Waals surface area contributed by atoms with Crippen LogP contribution in [0.3, 0.4) is 0 Å². The van der Waals surface area contributed by atoms with Gasteiger partial charge >= 0.3 is 0 Å². The first-order valence-electron chi connectivity index (χ1n) is 6.04. The van der Waals surface area contributed by atoms with Gasteiger partial charge in [0.05, 0.1) is 14.9 Å². The monoisotopic (exact) mass is 376 g/mol. The lowest BCUT2D eigenvalue weighted by Crippen LogP contribution is -1.98. The minimum atomic E-state index is -3.31. The van der Waals surface area contributed by atoms with Crippen molar-refractivity contribution in [2.75, 3.05) is 6.26 Å². The Kier molecular flexibility index (Phi) is 6.87. The molecule has 0 heterocycles. The van der Waals surface area contributed by atoms with Gasteiger partial charge in [-0.25, -0.2) is 12.8 Å². The van der Waals surface area contributed by atoms with Crippen LogP contribution in [0.5, 0.6) is 0 Å². The molecule has 0 radical (unpaired) electrons. The molecule has 0 aliphatic rings. The van der Waals surface area contributed by atoms with E-state index in [-0.39, 0.29) is 14.9 Å². The zero-order valence-electron chi connectivity index (χ0n) is 11.8. The molecule has 8 heteroatoms. The molecule has 2 aromatic rings. The third-order valence-electron chi connectivity index (χ3n) is 2.57. The van der Waals surface area contributed by atoms with Crippen molar-refractivity contribution in [3.63, 3.8) is 0 Å². The van der Waals surface area contributed by atoms with Crippen LogP contribution >= 0.6 is 23.2 Å². The average molecular weight is 377 g/mol. The molecule has 122 valence electrons. The lowest BCUT2D eigenvalue weighted by molar-refractivity contribution is 0.111. The highest BCUT2D eigenvalue weighted by molar-refractivity contribution is 7.90. The summed E-state index contributed by atoms with van der Waals surface area (Å²) in [6.45, 7) is 0. The SMILES string of the molecule is CS(=O)(=O)c1ccc(C=O)cc1Cl.O=Cc1ccc(F)c(Cl)c1. The quantitative estimate of drug-likeness (QED) is 0.762. The van der Waals surface area contributed by atoms with Crippen molar-refractivity contribution >= 4 is 45.6 Å². The maximum atomic E-state index is 12.4. The first-order chi connectivity index (χ1) is 10.7. The van der Waals surface area contributed by atoms with E-state index in [0.29, 0.717) is 23.7 Å². The van der Waals surface area contributed by atoms with Gasteiger partial charge in [-0.15, -0.1) is 0 Å². The van der Waals surface area contributed by atoms with Crippen molar-refractivity contribution in [3.8, 4) is 0 Å². The fourth-order valence-corrected chi connectivity index (χ4v) is 3.00. The second kappa shape index (κ2) is 8.19. The fraction of sp³-hybridized carbons (Fsp3) is 0.0667. The molecule has 0 N–H and O–H groups in total. The van der Waals surface area contributed by atoms with Crippen LogP contribution < -0.4 is 0 Å². The normalized spacial score (nSPS) is 10.4. The summed E-state index contributed by atoms with van der Waals surface area (Å²) in [6, 6.07) is 7.87. The van der Waals surface area contributed by atoms with Gasteiger partial charge in [0.1, 0.15) is 18.4 Å². The van der Waals surface area contributed by atoms with E-state index in [0.717, 1.165) is 12.3 Å². The van der Waals surface area contributed by atoms with Crippen LogP contribution in [0, 0.1) is 5.82 Å². The molecule has 0 saturated heterocycles. The van der Waals surface area contributed by atoms with Crippen LogP contribution in [0.25, 0.3) is 0 Å². The van der Waals surface area contributed by atoms with Gasteiger partial charge in [0, 0.05) is 17.4 Å². The Morgan fingerprint density at radius 3 is 1.78 bits per heavy atom. The average Bonchev–Trinajstić information content (AvgIpc) is 2.49. The van der Waals surface area contributed by atoms with Gasteiger partial charge < -0.3 is 0 Å². The summed E-state index contributed by atoms with van der Waals surface area (Å²) in [4.78, 5) is 20.4. The molecule has 0 unspecified atom stereocenters. The van der Waals surface area contributed by atoms with Crippen molar-refractivity contribution in [1.29, 1.82) is 0 Å². The summed E-state index contributed by atoms with van der Waals surface area (Å²) in [7, 11) is -3.31. The predicted molar refractivity (Wildman–Crippen MR) is 86.7 cm³/mol. The Balaban J connectivity index is 0.000000238. The highest BCUT2D eigenvalue weighted by Crippen LogP contribution is 2.21. The first kappa shape index (κ1) is 19.3. The minimum absolute atomic E-state index is 0.0235. The van der Waals surface area contributed by atoms with E-state index in [9.17, 15) is 22.4 Å². The van der Waals surface area contributed by atoms with Gasteiger partial charge in [-0.05, 0) is 30.3 Å². The van der Waals surface area contributed by atoms with E-state index in [2.05, 4.69) is 0 Å². The fourth-order valence-electron chi connectivity index (χ4n) is 1.48. The van der Waals surface area contributed by atoms with Crippen LogP contribution in [0.1, 0.15) is 20.7 Å². The maximum absolute atomic E-state index is 12.4. The van der Waals surface area contributed by atoms with Crippen LogP contribution in [-0.4, -0.2) is 27.2 Å². The van der Waals surface area contributed by atoms with Crippen LogP contribution in [0.4, 0.5) is 4.39 Å². The number of sulfone groups is 1. The number of rotatable bonds is 3. The van der Waals surface area contributed by atoms with Crippen LogP contribution in [-0.2, 0) is 9.84 Å². The Morgan fingerprint density at radius 2 is 1.39 bits per heavy atom. The smallest absolute Gasteiger partial charge is 0.176 e. The summed E-state index contributed by atoms with van der Waals surface area (Å²) in [5, 5.41) is 0.0525. The molecule has 0 saturated carbocycles. The summed E-state index contributed by atoms with van der Waals surface area (Å²) in [6.07, 6.45) is 2.29. The number of benzene rings is 2. The number of aldehydes is 2. The molecule has 4 nitrogen and oxygen atoms in total. The minimum Gasteiger partial charge on any atom is -0.298 e. The van der Waals surface area contributed by atoms with E-state index in [1.165, 1.54) is 30.3 Å². The Morgan fingerprint density at radius 1 is 0.913 bits per heavy atom. The first-order valence-corrected chi connectivity index (χ1v) is 8.68. The lowest BCUT2D eigenvalue weighted by atomic mass is 10.2. The molecule has 0 bridgehead atoms. The highest BCUT2D eigenvalue weighted by atomic mass is 35.5. The molecule has 2 rings (SSSR count). The van der Waals surface area contributed by atoms with Crippen LogP contribution in [0.2, 0.25) is 10.0 Å². The number of carbonyl (C=O) groups excluding carboxylic acids is 2. The van der Waals surface area contributed by atoms with E-state index in [4.69, 9.17) is 23.2 Å². The molecule has 0 aliphatic carbocycles. The summed E-state index contributed by atoms with van der Waals surface area (Å²) in [5.74, 6) is -0.507. The van der Waals surface area contributed by atoms with Gasteiger partial charge in [0.2, 0.25) is 0 Å². The maximum Gasteiger partial charge on any atom is 0.176 e. The molecule has 0 amide bonds. The van der Waals surface area contributed by atoms with Crippen molar-refractivity contribution < 1.29 is 22.4 Å². The van der Waals surface area contributed by atoms with E-state index in [1.54, 1.807) is 0 Å². The number of carbonyl (C=O) groups is 2. The Bertz CT molecular complexity index is 835. The van der Waals surface area contributed by atoms with E-state index in [1.807, 2.05) is 0 Å². The number of hydrogen-bond donors (Lipinski definition) is 0. The second-order valence-electron chi connectivity index (χ2n) is 4.37. The summed E-state index contributed by atoms with van der Waals surface area (Å²) >= 11 is 11.0. The molecule has 0 fully saturated rings. The Labute approximate surface area is 142 Å². The van der Waals surface area contributed by atoms with Gasteiger partial charge in [-0.1, -0.05) is 29.3 Å². The molecule has 23 heavy (non-hydrogen) atoms. The standard InChI is InChI=1S/C8H7ClO3S.C7H4ClFO/c1-13(11,12)8-3-2-6(5-10)4-7(8)9;8-6-3-5(4-10)1-2-7(6)9/h2-5H,1H3;1-4H. The summed E-state index contributed by atoms with van der Waals surface area (Å²) in [5.41, 5.74) is 0.740. The molecule has 0 aromatic heterocycles. The number of halogens is 3. The van der Waals surface area contributed by atoms with E-state index < -0.39 is 15.7 Å². The predicted octanol–water partition coefficient (Wildman–Crippen LogP) is 3.85. The van der Waals surface area contributed by atoms with Gasteiger partial charge in [-0.3, -0.25) is 9.59 Å². The number of hydrogen-bond acceptors (Lipinski definition) is 4. The molecular weight excluding hydrogens is 366 g/mol. The Hall–Kier alpha value is -1.76. The van der Waals surface area contributed by atoms with Crippen LogP contribution in [0.15, 0.2) is 41.3 Å². The molecule has 0 aliphatic heterocycles. The highest BCUT2D eigenvalue weighted by Gasteiger charge is 2.11. The van der Waals surface area contributed by atoms with Crippen molar-refractivity contribution in [3.05, 3.63) is 63.4 Å². The second-order valence-corrected chi connectivity index (χ2v) is 7.17. The van der Waals surface area contributed by atoms with Gasteiger partial charge in [0.15, 0.2) is 9.84 Å². The third kappa shape index (κ3) is 5.74. The van der Waals surface area contributed by atoms with E-state index >= 15 is 0 Å². The van der Waals surface area contributed by atoms with Crippen molar-refractivity contribution in [2.45, 2.75) is 4.90 Å². The van der Waals surface area contributed by atoms with Gasteiger partial charge in [0.25, 0.3) is 0 Å². The van der Waals surface area contributed by atoms with Crippen molar-refractivity contribution in [1.82, 2.24) is 0 Å². The van der Waals surface area contributed by atoms with Gasteiger partial charge in [-0.2, -0.15) is 0 Å². The molecule has 2 aromatic carbocycles. The zero-order chi connectivity index (χ0) is 17.6.